The quantitative estimate of drug-likeness (QED) is 0.577. The van der Waals surface area contributed by atoms with Crippen LogP contribution in [0.4, 0.5) is 0 Å². The van der Waals surface area contributed by atoms with Crippen molar-refractivity contribution in [1.82, 2.24) is 9.61 Å². The third-order valence-corrected chi connectivity index (χ3v) is 5.62. The minimum absolute atomic E-state index is 0.323. The van der Waals surface area contributed by atoms with Gasteiger partial charge in [-0.25, -0.2) is 4.52 Å². The summed E-state index contributed by atoms with van der Waals surface area (Å²) in [6, 6.07) is 3.96. The molecule has 3 heterocycles. The van der Waals surface area contributed by atoms with Crippen LogP contribution < -0.4 is 10.2 Å². The summed E-state index contributed by atoms with van der Waals surface area (Å²) in [5.41, 5.74) is 0.760. The second-order valence-electron chi connectivity index (χ2n) is 7.31. The van der Waals surface area contributed by atoms with E-state index in [4.69, 9.17) is 14.0 Å². The predicted molar refractivity (Wildman–Crippen MR) is 100 cm³/mol. The van der Waals surface area contributed by atoms with Gasteiger partial charge in [0.15, 0.2) is 0 Å². The van der Waals surface area contributed by atoms with Crippen molar-refractivity contribution in [3.05, 3.63) is 24.0 Å². The second kappa shape index (κ2) is 6.78. The van der Waals surface area contributed by atoms with Crippen LogP contribution in [-0.4, -0.2) is 51.1 Å². The molecule has 138 valence electrons. The Morgan fingerprint density at radius 1 is 1.35 bits per heavy atom. The highest BCUT2D eigenvalue weighted by molar-refractivity contribution is 7.90. The Kier molecular flexibility index (Phi) is 4.97. The smallest absolute Gasteiger partial charge is 0.497 e. The third-order valence-electron chi connectivity index (χ3n) is 4.88. The molecule has 0 aromatic carbocycles. The molecule has 0 amide bonds. The molecule has 0 N–H and O–H groups in total. The molecular weight excluding hydrogens is 353 g/mol. The van der Waals surface area contributed by atoms with Crippen molar-refractivity contribution in [2.45, 2.75) is 38.9 Å². The first-order valence-electron chi connectivity index (χ1n) is 8.34. The molecule has 1 saturated heterocycles. The van der Waals surface area contributed by atoms with Gasteiger partial charge in [-0.1, -0.05) is 11.2 Å². The lowest BCUT2D eigenvalue weighted by Gasteiger charge is -2.32. The summed E-state index contributed by atoms with van der Waals surface area (Å²) < 4.78 is 30.9. The average molecular weight is 375 g/mol. The summed E-state index contributed by atoms with van der Waals surface area (Å²) >= 11 is -0.932. The highest BCUT2D eigenvalue weighted by atomic mass is 32.2. The number of aromatic nitrogens is 2. The van der Waals surface area contributed by atoms with Gasteiger partial charge in [-0.2, -0.15) is 10.4 Å². The fourth-order valence-corrected chi connectivity index (χ4v) is 3.03. The molecule has 9 heteroatoms. The topological polar surface area (TPSA) is 91.8 Å². The molecule has 1 aliphatic rings. The van der Waals surface area contributed by atoms with E-state index in [1.807, 2.05) is 27.7 Å². The van der Waals surface area contributed by atoms with Crippen LogP contribution in [0.2, 0.25) is 0 Å². The normalized spacial score (nSPS) is 19.5. The molecular formula is C17H22BN3O4S. The van der Waals surface area contributed by atoms with Crippen LogP contribution in [0.3, 0.4) is 0 Å². The van der Waals surface area contributed by atoms with Crippen molar-refractivity contribution < 1.29 is 18.6 Å². The van der Waals surface area contributed by atoms with Gasteiger partial charge in [0.25, 0.3) is 0 Å². The van der Waals surface area contributed by atoms with Crippen molar-refractivity contribution in [3.63, 3.8) is 0 Å². The summed E-state index contributed by atoms with van der Waals surface area (Å²) in [6.45, 7) is 8.22. The van der Waals surface area contributed by atoms with E-state index in [1.165, 1.54) is 6.20 Å². The summed E-state index contributed by atoms with van der Waals surface area (Å²) in [5, 5.41) is 13.7. The summed E-state index contributed by atoms with van der Waals surface area (Å²) in [5.74, 6) is 0.993. The van der Waals surface area contributed by atoms with Gasteiger partial charge in [0, 0.05) is 5.46 Å². The largest absolute Gasteiger partial charge is 0.616 e. The minimum Gasteiger partial charge on any atom is -0.616 e. The Bertz CT molecular complexity index is 844. The molecule has 0 aliphatic carbocycles. The zero-order valence-corrected chi connectivity index (χ0v) is 16.4. The lowest BCUT2D eigenvalue weighted by molar-refractivity contribution is 0.00578. The zero-order chi connectivity index (χ0) is 19.1. The molecule has 26 heavy (non-hydrogen) atoms. The van der Waals surface area contributed by atoms with Gasteiger partial charge in [-0.3, -0.25) is 0 Å². The minimum atomic E-state index is -0.932. The molecule has 1 aliphatic heterocycles. The van der Waals surface area contributed by atoms with E-state index < -0.39 is 29.5 Å². The summed E-state index contributed by atoms with van der Waals surface area (Å²) in [6.07, 6.45) is 4.84. The monoisotopic (exact) mass is 375 g/mol. The molecule has 1 unspecified atom stereocenters. The molecule has 0 bridgehead atoms. The molecule has 0 saturated carbocycles. The maximum Gasteiger partial charge on any atom is 0.497 e. The van der Waals surface area contributed by atoms with Crippen molar-refractivity contribution >= 4 is 29.3 Å². The van der Waals surface area contributed by atoms with Crippen LogP contribution in [0.25, 0.3) is 5.52 Å². The first-order valence-corrected chi connectivity index (χ1v) is 10.1. The SMILES string of the molecule is C[S+]([O-])CCOc1cc(B2OC(C)(C)C(C)(C)O2)c2c(C#N)cnn2c1. The lowest BCUT2D eigenvalue weighted by atomic mass is 9.78. The van der Waals surface area contributed by atoms with Crippen molar-refractivity contribution in [2.24, 2.45) is 0 Å². The number of nitrogens with zero attached hydrogens (tertiary/aromatic N) is 3. The number of pyridine rings is 1. The number of hydrogen-bond acceptors (Lipinski definition) is 6. The zero-order valence-electron chi connectivity index (χ0n) is 15.6. The van der Waals surface area contributed by atoms with Crippen LogP contribution >= 0.6 is 0 Å². The molecule has 2 aromatic rings. The van der Waals surface area contributed by atoms with E-state index in [9.17, 15) is 9.81 Å². The van der Waals surface area contributed by atoms with Crippen LogP contribution in [0.1, 0.15) is 33.3 Å². The summed E-state index contributed by atoms with van der Waals surface area (Å²) in [4.78, 5) is 0. The van der Waals surface area contributed by atoms with Crippen LogP contribution in [0, 0.1) is 11.3 Å². The maximum atomic E-state index is 11.2. The van der Waals surface area contributed by atoms with Gasteiger partial charge in [-0.05, 0) is 33.8 Å². The molecule has 3 rings (SSSR count). The Morgan fingerprint density at radius 2 is 2.00 bits per heavy atom. The highest BCUT2D eigenvalue weighted by Crippen LogP contribution is 2.37. The van der Waals surface area contributed by atoms with E-state index in [0.29, 0.717) is 34.7 Å². The molecule has 1 atom stereocenters. The molecule has 1 fully saturated rings. The Morgan fingerprint density at radius 3 is 2.58 bits per heavy atom. The van der Waals surface area contributed by atoms with Gasteiger partial charge in [-0.15, -0.1) is 0 Å². The first kappa shape index (κ1) is 19.0. The van der Waals surface area contributed by atoms with Gasteiger partial charge < -0.3 is 18.6 Å². The second-order valence-corrected chi connectivity index (χ2v) is 8.86. The van der Waals surface area contributed by atoms with Gasteiger partial charge in [0.2, 0.25) is 0 Å². The third kappa shape index (κ3) is 3.42. The van der Waals surface area contributed by atoms with Crippen molar-refractivity contribution in [3.8, 4) is 11.8 Å². The van der Waals surface area contributed by atoms with E-state index in [-0.39, 0.29) is 0 Å². The molecule has 0 spiro atoms. The Balaban J connectivity index is 2.02. The molecule has 0 radical (unpaired) electrons. The number of rotatable bonds is 5. The van der Waals surface area contributed by atoms with Crippen LogP contribution in [0.5, 0.6) is 5.75 Å². The fraction of sp³-hybridized carbons (Fsp3) is 0.529. The first-order chi connectivity index (χ1) is 12.1. The van der Waals surface area contributed by atoms with Gasteiger partial charge in [0.1, 0.15) is 24.2 Å². The predicted octanol–water partition coefficient (Wildman–Crippen LogP) is 1.26. The molecule has 2 aromatic heterocycles. The standard InChI is InChI=1S/C17H22BN3O4S/c1-16(2)17(3,4)25-18(24-16)14-8-13(23-6-7-26(5)22)11-21-15(14)12(9-19)10-20-21/h8,10-11H,6-7H2,1-5H3. The number of nitriles is 1. The van der Waals surface area contributed by atoms with Crippen LogP contribution in [0.15, 0.2) is 18.5 Å². The van der Waals surface area contributed by atoms with Crippen molar-refractivity contribution in [2.75, 3.05) is 18.6 Å². The lowest BCUT2D eigenvalue weighted by Crippen LogP contribution is -2.41. The van der Waals surface area contributed by atoms with Crippen LogP contribution in [-0.2, 0) is 20.5 Å². The number of hydrogen-bond donors (Lipinski definition) is 0. The Hall–Kier alpha value is -1.73. The molecule has 7 nitrogen and oxygen atoms in total. The summed E-state index contributed by atoms with van der Waals surface area (Å²) in [7, 11) is -0.643. The van der Waals surface area contributed by atoms with Gasteiger partial charge >= 0.3 is 7.12 Å². The van der Waals surface area contributed by atoms with E-state index in [0.717, 1.165) is 0 Å². The van der Waals surface area contributed by atoms with Gasteiger partial charge in [0.05, 0.1) is 40.9 Å². The van der Waals surface area contributed by atoms with E-state index >= 15 is 0 Å². The number of fused-ring (bicyclic) bond motifs is 1. The maximum absolute atomic E-state index is 11.2. The number of ether oxygens (including phenoxy) is 1. The van der Waals surface area contributed by atoms with E-state index in [2.05, 4.69) is 11.2 Å². The fourth-order valence-electron chi connectivity index (χ4n) is 2.71. The Labute approximate surface area is 156 Å². The van der Waals surface area contributed by atoms with E-state index in [1.54, 1.807) is 23.0 Å². The van der Waals surface area contributed by atoms with Crippen molar-refractivity contribution in [1.29, 1.82) is 5.26 Å². The highest BCUT2D eigenvalue weighted by Gasteiger charge is 2.52. The average Bonchev–Trinajstić information content (AvgIpc) is 3.04.